The number of rotatable bonds is 4. The Morgan fingerprint density at radius 1 is 0.321 bits per heavy atom. The van der Waals surface area contributed by atoms with E-state index in [1.165, 1.54) is 0 Å². The second-order valence-electron chi connectivity index (χ2n) is 13.6. The fourth-order valence-corrected chi connectivity index (χ4v) is 8.13. The maximum atomic E-state index is 9.73. The van der Waals surface area contributed by atoms with Crippen LogP contribution in [0.15, 0.2) is 198 Å². The molecular weight excluding hydrogens is 641 g/mol. The van der Waals surface area contributed by atoms with Crippen molar-refractivity contribution in [2.24, 2.45) is 0 Å². The van der Waals surface area contributed by atoms with Gasteiger partial charge in [0.15, 0.2) is 0 Å². The first kappa shape index (κ1) is 25.1. The van der Waals surface area contributed by atoms with Crippen molar-refractivity contribution in [1.82, 2.24) is 0 Å². The maximum Gasteiger partial charge on any atom is 0.143 e. The van der Waals surface area contributed by atoms with Crippen LogP contribution in [0.4, 0.5) is 0 Å². The summed E-state index contributed by atoms with van der Waals surface area (Å²) in [6.07, 6.45) is 0. The van der Waals surface area contributed by atoms with Crippen LogP contribution < -0.4 is 0 Å². The minimum absolute atomic E-state index is 0.0363. The zero-order valence-corrected chi connectivity index (χ0v) is 28.5. The molecule has 11 aromatic rings. The fourth-order valence-electron chi connectivity index (χ4n) is 8.13. The highest BCUT2D eigenvalue weighted by molar-refractivity contribution is 6.22. The molecule has 0 saturated carbocycles. The molecule has 0 amide bonds. The zero-order valence-electron chi connectivity index (χ0n) is 33.5. The van der Waals surface area contributed by atoms with E-state index in [2.05, 4.69) is 60.7 Å². The summed E-state index contributed by atoms with van der Waals surface area (Å²) in [4.78, 5) is 0. The first-order valence-electron chi connectivity index (χ1n) is 20.4. The van der Waals surface area contributed by atoms with Gasteiger partial charge in [-0.25, -0.2) is 0 Å². The van der Waals surface area contributed by atoms with Gasteiger partial charge in [0.25, 0.3) is 0 Å². The third-order valence-corrected chi connectivity index (χ3v) is 10.6. The van der Waals surface area contributed by atoms with Gasteiger partial charge in [0.05, 0.1) is 6.85 Å². The highest BCUT2D eigenvalue weighted by Gasteiger charge is 2.18. The highest BCUT2D eigenvalue weighted by Crippen LogP contribution is 2.45. The molecule has 1 nitrogen and oxygen atoms in total. The van der Waals surface area contributed by atoms with E-state index in [4.69, 9.17) is 4.42 Å². The van der Waals surface area contributed by atoms with Gasteiger partial charge in [0.1, 0.15) is 11.2 Å². The summed E-state index contributed by atoms with van der Waals surface area (Å²) in [5.74, 6) is 0. The van der Waals surface area contributed by atoms with E-state index in [1.807, 2.05) is 97.1 Å². The first-order chi connectivity index (χ1) is 28.4. The van der Waals surface area contributed by atoms with Crippen LogP contribution in [0.1, 0.15) is 6.85 Å². The lowest BCUT2D eigenvalue weighted by Gasteiger charge is -2.18. The number of para-hydroxylation sites is 2. The minimum Gasteiger partial charge on any atom is -0.455 e. The molecule has 53 heavy (non-hydrogen) atoms. The monoisotopic (exact) mass is 677 g/mol. The van der Waals surface area contributed by atoms with Crippen LogP contribution in [-0.2, 0) is 0 Å². The van der Waals surface area contributed by atoms with Crippen molar-refractivity contribution in [3.05, 3.63) is 194 Å². The van der Waals surface area contributed by atoms with E-state index in [0.29, 0.717) is 22.3 Å². The minimum atomic E-state index is -0.160. The summed E-state index contributed by atoms with van der Waals surface area (Å²) in [5, 5.41) is 8.23. The lowest BCUT2D eigenvalue weighted by Crippen LogP contribution is -1.90. The van der Waals surface area contributed by atoms with Gasteiger partial charge in [-0.15, -0.1) is 0 Å². The molecule has 10 aromatic carbocycles. The predicted octanol–water partition coefficient (Wildman–Crippen LogP) is 14.9. The van der Waals surface area contributed by atoms with Crippen LogP contribution in [0, 0.1) is 0 Å². The van der Waals surface area contributed by atoms with Crippen LogP contribution in [-0.4, -0.2) is 0 Å². The average Bonchev–Trinajstić information content (AvgIpc) is 3.66. The van der Waals surface area contributed by atoms with Crippen molar-refractivity contribution in [2.75, 3.05) is 0 Å². The second-order valence-corrected chi connectivity index (χ2v) is 13.6. The van der Waals surface area contributed by atoms with E-state index in [0.717, 1.165) is 70.9 Å². The van der Waals surface area contributed by atoms with Gasteiger partial charge in [-0.3, -0.25) is 0 Å². The van der Waals surface area contributed by atoms with Gasteiger partial charge in [0, 0.05) is 21.9 Å². The van der Waals surface area contributed by atoms with Crippen molar-refractivity contribution >= 4 is 65.0 Å². The Balaban J connectivity index is 1.14. The van der Waals surface area contributed by atoms with Crippen LogP contribution in [0.25, 0.3) is 110 Å². The molecule has 1 heteroatoms. The van der Waals surface area contributed by atoms with Gasteiger partial charge in [-0.05, 0) is 94.6 Å². The fraction of sp³-hybridized carbons (Fsp3) is 0. The van der Waals surface area contributed by atoms with E-state index >= 15 is 0 Å². The summed E-state index contributed by atoms with van der Waals surface area (Å²) < 4.78 is 54.4. The predicted molar refractivity (Wildman–Crippen MR) is 225 cm³/mol. The Kier molecular flexibility index (Phi) is 5.58. The lowest BCUT2D eigenvalue weighted by atomic mass is 9.85. The molecule has 0 fully saturated rings. The van der Waals surface area contributed by atoms with Crippen LogP contribution >= 0.6 is 0 Å². The van der Waals surface area contributed by atoms with Crippen molar-refractivity contribution in [3.63, 3.8) is 0 Å². The van der Waals surface area contributed by atoms with Gasteiger partial charge in [-0.1, -0.05) is 176 Å². The first-order valence-corrected chi connectivity index (χ1v) is 17.9. The van der Waals surface area contributed by atoms with Crippen LogP contribution in [0.2, 0.25) is 0 Å². The Morgan fingerprint density at radius 2 is 0.830 bits per heavy atom. The zero-order chi connectivity index (χ0) is 39.2. The molecule has 1 heterocycles. The molecule has 0 aliphatic heterocycles. The molecular formula is C52H32O. The Bertz CT molecular complexity index is 3460. The van der Waals surface area contributed by atoms with E-state index < -0.39 is 0 Å². The molecule has 1 aromatic heterocycles. The van der Waals surface area contributed by atoms with Crippen LogP contribution in [0.3, 0.4) is 0 Å². The topological polar surface area (TPSA) is 13.1 Å². The summed E-state index contributed by atoms with van der Waals surface area (Å²) in [6, 6.07) is 54.1. The lowest BCUT2D eigenvalue weighted by molar-refractivity contribution is 0.671. The molecule has 0 N–H and O–H groups in total. The Labute approximate surface area is 314 Å². The van der Waals surface area contributed by atoms with Gasteiger partial charge in [0.2, 0.25) is 0 Å². The number of fused-ring (bicyclic) bond motifs is 7. The molecule has 0 radical (unpaired) electrons. The quantitative estimate of drug-likeness (QED) is 0.169. The van der Waals surface area contributed by atoms with Crippen LogP contribution in [0.5, 0.6) is 0 Å². The molecule has 0 aliphatic carbocycles. The second kappa shape index (κ2) is 11.8. The number of hydrogen-bond acceptors (Lipinski definition) is 1. The summed E-state index contributed by atoms with van der Waals surface area (Å²) in [5.41, 5.74) is 7.40. The third kappa shape index (κ3) is 4.71. The maximum absolute atomic E-state index is 9.73. The SMILES string of the molecule is [2H]c1c(-c2c3ccccc3c(-c3ccccc3)c3ccccc23)c([2H])c2c([2H])c([2H])c(-c3cccc4c3oc3c(-c5ccc6ccccc6c5)cccc34)cc2c1[2H]. The summed E-state index contributed by atoms with van der Waals surface area (Å²) in [6.45, 7) is 0. The summed E-state index contributed by atoms with van der Waals surface area (Å²) in [7, 11) is 0. The molecule has 0 atom stereocenters. The standard InChI is InChI=1S/C52H32O/c1-2-13-34(14-3-1)49-43-16-6-8-18-45(43)50(46-19-9-7-17-44(46)49)40-29-26-36-31-39(28-25-37(36)32-40)42-21-11-23-48-47-22-10-20-41(51(47)53-52(42)48)38-27-24-33-12-4-5-15-35(33)30-38/h1-32H/i25D,26D,28D,29D,32D. The molecule has 0 spiro atoms. The molecule has 0 aliphatic rings. The molecule has 0 saturated heterocycles. The van der Waals surface area contributed by atoms with E-state index in [-0.39, 0.29) is 46.5 Å². The molecule has 246 valence electrons. The summed E-state index contributed by atoms with van der Waals surface area (Å²) >= 11 is 0. The van der Waals surface area contributed by atoms with Crippen molar-refractivity contribution < 1.29 is 11.3 Å². The number of benzene rings is 10. The van der Waals surface area contributed by atoms with Crippen molar-refractivity contribution in [1.29, 1.82) is 0 Å². The normalized spacial score (nSPS) is 13.1. The number of hydrogen-bond donors (Lipinski definition) is 0. The molecule has 0 bridgehead atoms. The molecule has 0 unspecified atom stereocenters. The van der Waals surface area contributed by atoms with Gasteiger partial charge >= 0.3 is 0 Å². The van der Waals surface area contributed by atoms with E-state index in [1.54, 1.807) is 6.07 Å². The van der Waals surface area contributed by atoms with E-state index in [9.17, 15) is 6.85 Å². The smallest absolute Gasteiger partial charge is 0.143 e. The molecule has 11 rings (SSSR count). The average molecular weight is 678 g/mol. The highest BCUT2D eigenvalue weighted by atomic mass is 16.3. The third-order valence-electron chi connectivity index (χ3n) is 10.6. The van der Waals surface area contributed by atoms with Gasteiger partial charge in [-0.2, -0.15) is 0 Å². The Hall–Kier alpha value is -6.96. The van der Waals surface area contributed by atoms with Gasteiger partial charge < -0.3 is 4.42 Å². The Morgan fingerprint density at radius 3 is 1.51 bits per heavy atom. The number of furan rings is 1. The largest absolute Gasteiger partial charge is 0.455 e. The van der Waals surface area contributed by atoms with Crippen molar-refractivity contribution in [3.8, 4) is 44.5 Å². The van der Waals surface area contributed by atoms with Crippen molar-refractivity contribution in [2.45, 2.75) is 0 Å².